The quantitative estimate of drug-likeness (QED) is 0.789. The molecule has 3 N–H and O–H groups in total. The largest absolute Gasteiger partial charge is 0.481 e. The highest BCUT2D eigenvalue weighted by Gasteiger charge is 2.13. The van der Waals surface area contributed by atoms with Gasteiger partial charge in [0.15, 0.2) is 6.61 Å². The molecule has 1 heterocycles. The van der Waals surface area contributed by atoms with E-state index in [0.29, 0.717) is 11.2 Å². The Morgan fingerprint density at radius 3 is 2.72 bits per heavy atom. The molecule has 18 heavy (non-hydrogen) atoms. The first-order valence-electron chi connectivity index (χ1n) is 5.30. The van der Waals surface area contributed by atoms with Gasteiger partial charge < -0.3 is 15.7 Å². The van der Waals surface area contributed by atoms with Gasteiger partial charge in [0.05, 0.1) is 17.6 Å². The number of aliphatic carboxylic acids is 1. The van der Waals surface area contributed by atoms with Crippen LogP contribution in [0.15, 0.2) is 30.3 Å². The molecular formula is C12H12N2O4. The number of aromatic nitrogens is 1. The lowest BCUT2D eigenvalue weighted by atomic mass is 10.2. The fraction of sp³-hybridized carbons (Fsp3) is 0.167. The number of carbonyl (C=O) groups is 2. The maximum absolute atomic E-state index is 10.8. The predicted octanol–water partition coefficient (Wildman–Crippen LogP) is 0.182. The third kappa shape index (κ3) is 2.42. The molecule has 0 atom stereocenters. The van der Waals surface area contributed by atoms with Crippen molar-refractivity contribution in [1.82, 2.24) is 4.73 Å². The smallest absolute Gasteiger partial charge is 0.309 e. The highest BCUT2D eigenvalue weighted by Crippen LogP contribution is 2.18. The standard InChI is InChI=1S/C12H12N2O4/c13-11(15)7-18-14-9(6-12(16)17)5-8-3-1-2-4-10(8)14/h1-5H,6-7H2,(H2,13,15)(H,16,17). The Labute approximate surface area is 103 Å². The minimum absolute atomic E-state index is 0.187. The number of nitrogens with zero attached hydrogens (tertiary/aromatic N) is 1. The summed E-state index contributed by atoms with van der Waals surface area (Å²) in [5, 5.41) is 9.68. The van der Waals surface area contributed by atoms with Gasteiger partial charge in [0.1, 0.15) is 0 Å². The first kappa shape index (κ1) is 12.0. The molecule has 1 aromatic carbocycles. The molecule has 0 saturated heterocycles. The van der Waals surface area contributed by atoms with Crippen LogP contribution in [0.2, 0.25) is 0 Å². The molecule has 0 radical (unpaired) electrons. The van der Waals surface area contributed by atoms with Crippen molar-refractivity contribution in [2.45, 2.75) is 6.42 Å². The summed E-state index contributed by atoms with van der Waals surface area (Å²) < 4.78 is 1.34. The molecule has 6 nitrogen and oxygen atoms in total. The fourth-order valence-corrected chi connectivity index (χ4v) is 1.75. The number of para-hydroxylation sites is 1. The number of carbonyl (C=O) groups excluding carboxylic acids is 1. The lowest BCUT2D eigenvalue weighted by Gasteiger charge is -2.09. The van der Waals surface area contributed by atoms with Gasteiger partial charge in [0.2, 0.25) is 0 Å². The van der Waals surface area contributed by atoms with E-state index in [1.807, 2.05) is 12.1 Å². The normalized spacial score (nSPS) is 10.4. The summed E-state index contributed by atoms with van der Waals surface area (Å²) in [6.07, 6.45) is -0.187. The van der Waals surface area contributed by atoms with E-state index >= 15 is 0 Å². The number of benzene rings is 1. The SMILES string of the molecule is NC(=O)COn1c(CC(=O)O)cc2ccccc21. The number of fused-ring (bicyclic) bond motifs is 1. The second-order valence-corrected chi connectivity index (χ2v) is 3.80. The van der Waals surface area contributed by atoms with Crippen LogP contribution < -0.4 is 10.6 Å². The molecule has 1 amide bonds. The van der Waals surface area contributed by atoms with Gasteiger partial charge >= 0.3 is 5.97 Å². The van der Waals surface area contributed by atoms with E-state index in [4.69, 9.17) is 15.7 Å². The number of rotatable bonds is 5. The van der Waals surface area contributed by atoms with Crippen LogP contribution in [0.25, 0.3) is 10.9 Å². The fourth-order valence-electron chi connectivity index (χ4n) is 1.75. The summed E-state index contributed by atoms with van der Waals surface area (Å²) in [6, 6.07) is 8.97. The van der Waals surface area contributed by atoms with E-state index in [-0.39, 0.29) is 13.0 Å². The number of carboxylic acid groups (broad SMARTS) is 1. The minimum atomic E-state index is -0.971. The topological polar surface area (TPSA) is 94.6 Å². The minimum Gasteiger partial charge on any atom is -0.481 e. The highest BCUT2D eigenvalue weighted by atomic mass is 16.7. The molecule has 0 aliphatic carbocycles. The maximum atomic E-state index is 10.8. The Bertz CT molecular complexity index is 603. The van der Waals surface area contributed by atoms with E-state index in [2.05, 4.69) is 0 Å². The molecule has 0 saturated carbocycles. The van der Waals surface area contributed by atoms with Crippen LogP contribution in [0.3, 0.4) is 0 Å². The summed E-state index contributed by atoms with van der Waals surface area (Å²) in [4.78, 5) is 26.7. The van der Waals surface area contributed by atoms with E-state index in [0.717, 1.165) is 5.39 Å². The Hall–Kier alpha value is -2.50. The van der Waals surface area contributed by atoms with Gasteiger partial charge in [-0.15, -0.1) is 0 Å². The number of amides is 1. The van der Waals surface area contributed by atoms with Crippen molar-refractivity contribution in [2.75, 3.05) is 6.61 Å². The zero-order valence-electron chi connectivity index (χ0n) is 9.50. The van der Waals surface area contributed by atoms with E-state index in [1.165, 1.54) is 4.73 Å². The van der Waals surface area contributed by atoms with Crippen LogP contribution in [0, 0.1) is 0 Å². The van der Waals surface area contributed by atoms with Crippen molar-refractivity contribution in [3.8, 4) is 0 Å². The van der Waals surface area contributed by atoms with Gasteiger partial charge in [-0.05, 0) is 12.1 Å². The monoisotopic (exact) mass is 248 g/mol. The van der Waals surface area contributed by atoms with Crippen molar-refractivity contribution >= 4 is 22.8 Å². The molecule has 94 valence electrons. The van der Waals surface area contributed by atoms with Crippen LogP contribution in [0.5, 0.6) is 0 Å². The zero-order valence-corrected chi connectivity index (χ0v) is 9.50. The van der Waals surface area contributed by atoms with E-state index in [1.54, 1.807) is 18.2 Å². The predicted molar refractivity (Wildman–Crippen MR) is 63.9 cm³/mol. The molecule has 0 bridgehead atoms. The molecular weight excluding hydrogens is 236 g/mol. The van der Waals surface area contributed by atoms with Gasteiger partial charge in [0.25, 0.3) is 5.91 Å². The molecule has 2 rings (SSSR count). The summed E-state index contributed by atoms with van der Waals surface area (Å²) in [5.74, 6) is -1.59. The van der Waals surface area contributed by atoms with E-state index in [9.17, 15) is 9.59 Å². The summed E-state index contributed by atoms with van der Waals surface area (Å²) >= 11 is 0. The Morgan fingerprint density at radius 1 is 1.33 bits per heavy atom. The molecule has 0 aliphatic heterocycles. The average Bonchev–Trinajstić information content (AvgIpc) is 2.62. The lowest BCUT2D eigenvalue weighted by Crippen LogP contribution is -2.27. The van der Waals surface area contributed by atoms with Gasteiger partial charge in [0, 0.05) is 5.39 Å². The first-order chi connectivity index (χ1) is 8.58. The summed E-state index contributed by atoms with van der Waals surface area (Å²) in [5.41, 5.74) is 6.18. The number of hydrogen-bond donors (Lipinski definition) is 2. The molecule has 1 aromatic heterocycles. The second-order valence-electron chi connectivity index (χ2n) is 3.80. The Morgan fingerprint density at radius 2 is 2.06 bits per heavy atom. The van der Waals surface area contributed by atoms with Crippen LogP contribution in [0.1, 0.15) is 5.69 Å². The van der Waals surface area contributed by atoms with Crippen molar-refractivity contribution in [3.63, 3.8) is 0 Å². The summed E-state index contributed by atoms with van der Waals surface area (Å²) in [7, 11) is 0. The van der Waals surface area contributed by atoms with Crippen molar-refractivity contribution in [3.05, 3.63) is 36.0 Å². The number of nitrogens with two attached hydrogens (primary N) is 1. The van der Waals surface area contributed by atoms with Crippen molar-refractivity contribution < 1.29 is 19.5 Å². The third-order valence-corrected chi connectivity index (χ3v) is 2.41. The van der Waals surface area contributed by atoms with Crippen LogP contribution in [-0.4, -0.2) is 28.3 Å². The van der Waals surface area contributed by atoms with Crippen LogP contribution in [0.4, 0.5) is 0 Å². The molecule has 0 fully saturated rings. The zero-order chi connectivity index (χ0) is 13.1. The first-order valence-corrected chi connectivity index (χ1v) is 5.30. The van der Waals surface area contributed by atoms with Crippen LogP contribution in [-0.2, 0) is 16.0 Å². The number of carboxylic acids is 1. The van der Waals surface area contributed by atoms with Crippen molar-refractivity contribution in [1.29, 1.82) is 0 Å². The molecule has 0 unspecified atom stereocenters. The molecule has 0 spiro atoms. The van der Waals surface area contributed by atoms with Gasteiger partial charge in [-0.2, -0.15) is 4.73 Å². The van der Waals surface area contributed by atoms with Crippen molar-refractivity contribution in [2.24, 2.45) is 5.73 Å². The molecule has 0 aliphatic rings. The highest BCUT2D eigenvalue weighted by molar-refractivity contribution is 5.83. The number of hydrogen-bond acceptors (Lipinski definition) is 3. The second kappa shape index (κ2) is 4.79. The Kier molecular flexibility index (Phi) is 3.18. The van der Waals surface area contributed by atoms with Crippen LogP contribution >= 0.6 is 0 Å². The molecule has 2 aromatic rings. The average molecular weight is 248 g/mol. The van der Waals surface area contributed by atoms with Gasteiger partial charge in [-0.3, -0.25) is 9.59 Å². The Balaban J connectivity index is 2.43. The van der Waals surface area contributed by atoms with Gasteiger partial charge in [-0.25, -0.2) is 0 Å². The van der Waals surface area contributed by atoms with Gasteiger partial charge in [-0.1, -0.05) is 18.2 Å². The molecule has 6 heteroatoms. The summed E-state index contributed by atoms with van der Waals surface area (Å²) in [6.45, 7) is -0.300. The number of primary amides is 1. The third-order valence-electron chi connectivity index (χ3n) is 2.41. The maximum Gasteiger partial charge on any atom is 0.309 e. The van der Waals surface area contributed by atoms with E-state index < -0.39 is 11.9 Å². The lowest BCUT2D eigenvalue weighted by molar-refractivity contribution is -0.136.